The lowest BCUT2D eigenvalue weighted by Crippen LogP contribution is -2.39. The summed E-state index contributed by atoms with van der Waals surface area (Å²) in [5.74, 6) is 2.79. The Morgan fingerprint density at radius 3 is 2.61 bits per heavy atom. The summed E-state index contributed by atoms with van der Waals surface area (Å²) in [5, 5.41) is 0. The zero-order valence-electron chi connectivity index (χ0n) is 14.6. The Kier molecular flexibility index (Phi) is 6.90. The second kappa shape index (κ2) is 8.92. The number of para-hydroxylation sites is 1. The summed E-state index contributed by atoms with van der Waals surface area (Å²) < 4.78 is 11.1. The van der Waals surface area contributed by atoms with Gasteiger partial charge in [-0.15, -0.1) is 0 Å². The Hall–Kier alpha value is -1.55. The molecule has 2 atom stereocenters. The molecule has 0 aromatic heterocycles. The molecule has 128 valence electrons. The van der Waals surface area contributed by atoms with E-state index >= 15 is 0 Å². The molecule has 1 saturated heterocycles. The Morgan fingerprint density at radius 1 is 1.22 bits per heavy atom. The van der Waals surface area contributed by atoms with Crippen LogP contribution in [-0.4, -0.2) is 44.5 Å². The smallest absolute Gasteiger partial charge is 0.171 e. The fourth-order valence-corrected chi connectivity index (χ4v) is 3.53. The highest BCUT2D eigenvalue weighted by Gasteiger charge is 2.21. The van der Waals surface area contributed by atoms with Gasteiger partial charge in [-0.2, -0.15) is 0 Å². The molecule has 1 aromatic carbocycles. The quantitative estimate of drug-likeness (QED) is 0.541. The van der Waals surface area contributed by atoms with Crippen LogP contribution in [0, 0.1) is 11.8 Å². The molecule has 0 N–H and O–H groups in total. The largest absolute Gasteiger partial charge is 0.493 e. The van der Waals surface area contributed by atoms with Crippen LogP contribution in [0.2, 0.25) is 0 Å². The molecule has 1 aliphatic heterocycles. The molecule has 0 spiro atoms. The van der Waals surface area contributed by atoms with Crippen LogP contribution in [0.25, 0.3) is 0 Å². The molecule has 4 nitrogen and oxygen atoms in total. The van der Waals surface area contributed by atoms with Crippen LogP contribution in [0.4, 0.5) is 0 Å². The highest BCUT2D eigenvalue weighted by Crippen LogP contribution is 2.30. The van der Waals surface area contributed by atoms with Crippen molar-refractivity contribution in [2.75, 3.05) is 33.4 Å². The number of carbonyl (C=O) groups excluding carboxylic acids is 1. The Bertz CT molecular complexity index is 493. The van der Waals surface area contributed by atoms with Crippen molar-refractivity contribution >= 4 is 6.29 Å². The van der Waals surface area contributed by atoms with Gasteiger partial charge in [0.15, 0.2) is 17.8 Å². The van der Waals surface area contributed by atoms with E-state index in [1.54, 1.807) is 19.2 Å². The molecule has 2 rings (SSSR count). The number of nitrogens with zero attached hydrogens (tertiary/aromatic N) is 1. The third kappa shape index (κ3) is 5.24. The number of aldehydes is 1. The average Bonchev–Trinajstić information content (AvgIpc) is 2.53. The van der Waals surface area contributed by atoms with Crippen LogP contribution in [-0.2, 0) is 0 Å². The van der Waals surface area contributed by atoms with E-state index in [1.165, 1.54) is 19.5 Å². The van der Waals surface area contributed by atoms with Crippen LogP contribution < -0.4 is 9.47 Å². The normalized spacial score (nSPS) is 21.9. The van der Waals surface area contributed by atoms with Gasteiger partial charge in [-0.05, 0) is 49.8 Å². The number of hydrogen-bond acceptors (Lipinski definition) is 4. The summed E-state index contributed by atoms with van der Waals surface area (Å²) in [6.07, 6.45) is 4.26. The molecular formula is C19H29NO3. The molecule has 0 aliphatic carbocycles. The maximum atomic E-state index is 11.1. The number of piperidine rings is 1. The molecule has 0 radical (unpaired) electrons. The Balaban J connectivity index is 1.74. The van der Waals surface area contributed by atoms with Crippen LogP contribution in [0.15, 0.2) is 18.2 Å². The number of likely N-dealkylation sites (tertiary alicyclic amines) is 1. The van der Waals surface area contributed by atoms with Gasteiger partial charge >= 0.3 is 0 Å². The lowest BCUT2D eigenvalue weighted by atomic mass is 9.92. The van der Waals surface area contributed by atoms with Crippen molar-refractivity contribution in [2.24, 2.45) is 11.8 Å². The van der Waals surface area contributed by atoms with Gasteiger partial charge < -0.3 is 14.4 Å². The van der Waals surface area contributed by atoms with Crippen molar-refractivity contribution in [3.63, 3.8) is 0 Å². The first-order valence-corrected chi connectivity index (χ1v) is 8.61. The fraction of sp³-hybridized carbons (Fsp3) is 0.632. The van der Waals surface area contributed by atoms with E-state index < -0.39 is 0 Å². The van der Waals surface area contributed by atoms with Crippen LogP contribution in [0.3, 0.4) is 0 Å². The highest BCUT2D eigenvalue weighted by molar-refractivity contribution is 5.81. The van der Waals surface area contributed by atoms with E-state index in [2.05, 4.69) is 18.7 Å². The van der Waals surface area contributed by atoms with Crippen LogP contribution >= 0.6 is 0 Å². The molecule has 0 unspecified atom stereocenters. The number of rotatable bonds is 8. The zero-order chi connectivity index (χ0) is 16.7. The van der Waals surface area contributed by atoms with E-state index in [1.807, 2.05) is 6.07 Å². The molecule has 1 heterocycles. The molecule has 1 aliphatic rings. The molecule has 1 fully saturated rings. The van der Waals surface area contributed by atoms with E-state index in [0.29, 0.717) is 23.7 Å². The summed E-state index contributed by atoms with van der Waals surface area (Å²) >= 11 is 0. The first-order chi connectivity index (χ1) is 11.1. The number of ether oxygens (including phenoxy) is 2. The lowest BCUT2D eigenvalue weighted by molar-refractivity contribution is 0.111. The zero-order valence-corrected chi connectivity index (χ0v) is 14.6. The van der Waals surface area contributed by atoms with E-state index in [9.17, 15) is 4.79 Å². The minimum absolute atomic E-state index is 0.544. The van der Waals surface area contributed by atoms with Gasteiger partial charge in [0.1, 0.15) is 0 Å². The van der Waals surface area contributed by atoms with Gasteiger partial charge in [-0.3, -0.25) is 4.79 Å². The van der Waals surface area contributed by atoms with E-state index in [4.69, 9.17) is 9.47 Å². The number of carbonyl (C=O) groups is 1. The molecular weight excluding hydrogens is 290 g/mol. The van der Waals surface area contributed by atoms with Crippen LogP contribution in [0.5, 0.6) is 11.5 Å². The summed E-state index contributed by atoms with van der Waals surface area (Å²) in [4.78, 5) is 13.7. The summed E-state index contributed by atoms with van der Waals surface area (Å²) in [7, 11) is 1.59. The van der Waals surface area contributed by atoms with Crippen molar-refractivity contribution in [3.8, 4) is 11.5 Å². The summed E-state index contributed by atoms with van der Waals surface area (Å²) in [6, 6.07) is 5.37. The van der Waals surface area contributed by atoms with Crippen molar-refractivity contribution in [1.82, 2.24) is 4.90 Å². The predicted molar refractivity (Wildman–Crippen MR) is 92.5 cm³/mol. The molecule has 0 bridgehead atoms. The number of methoxy groups -OCH3 is 1. The standard InChI is InChI=1S/C19H29NO3/c1-15-11-16(2)13-20(12-15)9-4-5-10-23-19-17(14-21)7-6-8-18(19)22-3/h6-8,14-16H,4-5,9-13H2,1-3H3/t15-,16-/m0/s1. The van der Waals surface area contributed by atoms with Crippen molar-refractivity contribution in [3.05, 3.63) is 23.8 Å². The Morgan fingerprint density at radius 2 is 1.96 bits per heavy atom. The van der Waals surface area contributed by atoms with Gasteiger partial charge in [-0.25, -0.2) is 0 Å². The third-order valence-electron chi connectivity index (χ3n) is 4.42. The molecule has 4 heteroatoms. The van der Waals surface area contributed by atoms with Crippen molar-refractivity contribution in [2.45, 2.75) is 33.1 Å². The SMILES string of the molecule is COc1cccc(C=O)c1OCCCCN1C[C@@H](C)C[C@H](C)C1. The maximum absolute atomic E-state index is 11.1. The van der Waals surface area contributed by atoms with Crippen molar-refractivity contribution in [1.29, 1.82) is 0 Å². The van der Waals surface area contributed by atoms with Gasteiger partial charge in [-0.1, -0.05) is 19.9 Å². The second-order valence-corrected chi connectivity index (χ2v) is 6.76. The summed E-state index contributed by atoms with van der Waals surface area (Å²) in [5.41, 5.74) is 0.544. The molecule has 1 aromatic rings. The third-order valence-corrected chi connectivity index (χ3v) is 4.42. The minimum Gasteiger partial charge on any atom is -0.493 e. The lowest BCUT2D eigenvalue weighted by Gasteiger charge is -2.34. The highest BCUT2D eigenvalue weighted by atomic mass is 16.5. The summed E-state index contributed by atoms with van der Waals surface area (Å²) in [6.45, 7) is 8.85. The van der Waals surface area contributed by atoms with Gasteiger partial charge in [0, 0.05) is 13.1 Å². The molecule has 23 heavy (non-hydrogen) atoms. The Labute approximate surface area is 139 Å². The van der Waals surface area contributed by atoms with Crippen molar-refractivity contribution < 1.29 is 14.3 Å². The van der Waals surface area contributed by atoms with Gasteiger partial charge in [0.05, 0.1) is 19.3 Å². The number of benzene rings is 1. The van der Waals surface area contributed by atoms with Gasteiger partial charge in [0.25, 0.3) is 0 Å². The molecule has 0 saturated carbocycles. The predicted octanol–water partition coefficient (Wildman–Crippen LogP) is 3.64. The second-order valence-electron chi connectivity index (χ2n) is 6.76. The number of hydrogen-bond donors (Lipinski definition) is 0. The maximum Gasteiger partial charge on any atom is 0.171 e. The first-order valence-electron chi connectivity index (χ1n) is 8.61. The van der Waals surface area contributed by atoms with E-state index in [-0.39, 0.29) is 0 Å². The van der Waals surface area contributed by atoms with Crippen LogP contribution in [0.1, 0.15) is 43.5 Å². The van der Waals surface area contributed by atoms with Gasteiger partial charge in [0.2, 0.25) is 0 Å². The minimum atomic E-state index is 0.544. The molecule has 0 amide bonds. The fourth-order valence-electron chi connectivity index (χ4n) is 3.53. The first kappa shape index (κ1) is 17.8. The topological polar surface area (TPSA) is 38.8 Å². The monoisotopic (exact) mass is 319 g/mol. The average molecular weight is 319 g/mol. The number of unbranched alkanes of at least 4 members (excludes halogenated alkanes) is 1. The van der Waals surface area contributed by atoms with E-state index in [0.717, 1.165) is 37.5 Å².